The Morgan fingerprint density at radius 3 is 2.58 bits per heavy atom. The Hall–Kier alpha value is -2.57. The molecule has 0 spiro atoms. The van der Waals surface area contributed by atoms with Gasteiger partial charge in [0, 0.05) is 6.04 Å². The Balaban J connectivity index is 2.52. The van der Waals surface area contributed by atoms with E-state index in [1.165, 1.54) is 10.6 Å². The number of carbonyl (C=O) groups is 1. The summed E-state index contributed by atoms with van der Waals surface area (Å²) in [7, 11) is 0. The molecule has 0 amide bonds. The number of fused-ring (bicyclic) bond motifs is 1. The second-order valence-corrected chi connectivity index (χ2v) is 5.50. The number of hydrogen-bond acceptors (Lipinski definition) is 3. The highest BCUT2D eigenvalue weighted by Crippen LogP contribution is 2.40. The van der Waals surface area contributed by atoms with Crippen LogP contribution in [0.25, 0.3) is 17.0 Å². The topological polar surface area (TPSA) is 48.3 Å². The molecule has 1 aliphatic carbocycles. The molecule has 24 heavy (non-hydrogen) atoms. The predicted octanol–water partition coefficient (Wildman–Crippen LogP) is 3.57. The number of ether oxygens (including phenoxy) is 1. The van der Waals surface area contributed by atoms with Crippen LogP contribution in [0, 0.1) is 17.5 Å². The molecule has 1 fully saturated rings. The lowest BCUT2D eigenvalue weighted by atomic mass is 10.1. The van der Waals surface area contributed by atoms with Crippen molar-refractivity contribution in [3.05, 3.63) is 51.6 Å². The molecule has 0 aliphatic heterocycles. The van der Waals surface area contributed by atoms with Crippen molar-refractivity contribution in [2.45, 2.75) is 25.8 Å². The number of hydrogen-bond donors (Lipinski definition) is 0. The number of nitrogens with zero attached hydrogens (tertiary/aromatic N) is 1. The number of halogens is 3. The van der Waals surface area contributed by atoms with Crippen LogP contribution in [0.1, 0.15) is 41.9 Å². The molecular weight excluding hydrogens is 323 g/mol. The van der Waals surface area contributed by atoms with Gasteiger partial charge in [-0.3, -0.25) is 4.79 Å². The number of benzene rings is 1. The van der Waals surface area contributed by atoms with Crippen LogP contribution in [0.5, 0.6) is 0 Å². The lowest BCUT2D eigenvalue weighted by Gasteiger charge is -2.18. The monoisotopic (exact) mass is 337 g/mol. The van der Waals surface area contributed by atoms with E-state index in [1.54, 1.807) is 6.92 Å². The summed E-state index contributed by atoms with van der Waals surface area (Å²) in [6.07, 6.45) is 2.56. The van der Waals surface area contributed by atoms with Crippen LogP contribution in [-0.2, 0) is 4.74 Å². The molecule has 2 aromatic rings. The fraction of sp³-hybridized carbons (Fsp3) is 0.294. The number of esters is 1. The normalized spacial score (nSPS) is 14.0. The summed E-state index contributed by atoms with van der Waals surface area (Å²) < 4.78 is 47.9. The Bertz CT molecular complexity index is 929. The van der Waals surface area contributed by atoms with Crippen molar-refractivity contribution >= 4 is 22.9 Å². The first kappa shape index (κ1) is 16.3. The molecule has 126 valence electrons. The van der Waals surface area contributed by atoms with Crippen LogP contribution in [0.2, 0.25) is 0 Å². The third kappa shape index (κ3) is 2.31. The van der Waals surface area contributed by atoms with Gasteiger partial charge in [-0.1, -0.05) is 6.58 Å². The highest BCUT2D eigenvalue weighted by Gasteiger charge is 2.33. The van der Waals surface area contributed by atoms with Gasteiger partial charge in [-0.2, -0.15) is 0 Å². The van der Waals surface area contributed by atoms with E-state index in [2.05, 4.69) is 6.58 Å². The molecule has 4 nitrogen and oxygen atoms in total. The maximum Gasteiger partial charge on any atom is 0.344 e. The van der Waals surface area contributed by atoms with Gasteiger partial charge in [-0.15, -0.1) is 0 Å². The average molecular weight is 337 g/mol. The average Bonchev–Trinajstić information content (AvgIpc) is 3.37. The van der Waals surface area contributed by atoms with Crippen molar-refractivity contribution in [2.75, 3.05) is 6.61 Å². The summed E-state index contributed by atoms with van der Waals surface area (Å²) in [6, 6.07) is 0.401. The Labute approximate surface area is 135 Å². The van der Waals surface area contributed by atoms with E-state index in [4.69, 9.17) is 4.74 Å². The molecule has 7 heteroatoms. The van der Waals surface area contributed by atoms with Gasteiger partial charge in [-0.05, 0) is 31.9 Å². The summed E-state index contributed by atoms with van der Waals surface area (Å²) in [5.41, 5.74) is -1.56. The van der Waals surface area contributed by atoms with E-state index in [0.29, 0.717) is 18.9 Å². The van der Waals surface area contributed by atoms with E-state index in [1.807, 2.05) is 0 Å². The zero-order valence-electron chi connectivity index (χ0n) is 12.9. The number of rotatable bonds is 4. The maximum atomic E-state index is 14.4. The van der Waals surface area contributed by atoms with Gasteiger partial charge in [0.15, 0.2) is 17.5 Å². The first-order valence-corrected chi connectivity index (χ1v) is 7.47. The second kappa shape index (κ2) is 5.81. The van der Waals surface area contributed by atoms with Gasteiger partial charge in [0.05, 0.1) is 23.2 Å². The van der Waals surface area contributed by atoms with Crippen LogP contribution in [-0.4, -0.2) is 17.1 Å². The summed E-state index contributed by atoms with van der Waals surface area (Å²) in [4.78, 5) is 24.8. The fourth-order valence-corrected chi connectivity index (χ4v) is 2.80. The third-order valence-corrected chi connectivity index (χ3v) is 3.95. The molecular formula is C17H14F3NO3. The zero-order valence-corrected chi connectivity index (χ0v) is 12.9. The van der Waals surface area contributed by atoms with Crippen LogP contribution >= 0.6 is 0 Å². The molecule has 1 aromatic heterocycles. The minimum atomic E-state index is -1.66. The minimum Gasteiger partial charge on any atom is -0.462 e. The van der Waals surface area contributed by atoms with Gasteiger partial charge in [-0.25, -0.2) is 18.0 Å². The van der Waals surface area contributed by atoms with Crippen molar-refractivity contribution in [1.29, 1.82) is 0 Å². The van der Waals surface area contributed by atoms with Gasteiger partial charge in [0.2, 0.25) is 5.43 Å². The quantitative estimate of drug-likeness (QED) is 0.633. The van der Waals surface area contributed by atoms with Crippen molar-refractivity contribution in [3.8, 4) is 0 Å². The summed E-state index contributed by atoms with van der Waals surface area (Å²) in [5, 5.41) is -0.396. The molecule has 0 saturated heterocycles. The van der Waals surface area contributed by atoms with Crippen LogP contribution in [0.15, 0.2) is 17.4 Å². The Kier molecular flexibility index (Phi) is 3.95. The van der Waals surface area contributed by atoms with Crippen LogP contribution < -0.4 is 5.43 Å². The molecule has 3 rings (SSSR count). The molecule has 0 radical (unpaired) electrons. The molecule has 1 heterocycles. The highest BCUT2D eigenvalue weighted by atomic mass is 19.2. The Morgan fingerprint density at radius 1 is 1.38 bits per heavy atom. The molecule has 0 N–H and O–H groups in total. The molecule has 1 saturated carbocycles. The van der Waals surface area contributed by atoms with Gasteiger partial charge in [0.25, 0.3) is 0 Å². The molecule has 0 unspecified atom stereocenters. The van der Waals surface area contributed by atoms with Crippen molar-refractivity contribution in [2.24, 2.45) is 0 Å². The fourth-order valence-electron chi connectivity index (χ4n) is 2.80. The molecule has 0 bridgehead atoms. The lowest BCUT2D eigenvalue weighted by molar-refractivity contribution is 0.0524. The zero-order chi connectivity index (χ0) is 17.6. The molecule has 1 aliphatic rings. The molecule has 1 aromatic carbocycles. The second-order valence-electron chi connectivity index (χ2n) is 5.50. The maximum absolute atomic E-state index is 14.4. The number of aromatic nitrogens is 1. The van der Waals surface area contributed by atoms with Crippen LogP contribution in [0.4, 0.5) is 13.2 Å². The first-order chi connectivity index (χ1) is 11.4. The standard InChI is InChI=1S/C17H14F3NO3/c1-3-11-12(17(23)24-4-2)16(22)9-7-10(18)13(19)14(20)15(9)21(11)8-5-6-8/h3,7-8H,1,4-6H2,2H3. The van der Waals surface area contributed by atoms with E-state index in [-0.39, 0.29) is 29.4 Å². The van der Waals surface area contributed by atoms with Crippen LogP contribution in [0.3, 0.4) is 0 Å². The molecule has 0 atom stereocenters. The summed E-state index contributed by atoms with van der Waals surface area (Å²) in [5.74, 6) is -5.50. The van der Waals surface area contributed by atoms with Crippen molar-refractivity contribution in [1.82, 2.24) is 4.57 Å². The predicted molar refractivity (Wildman–Crippen MR) is 82.4 cm³/mol. The van der Waals surface area contributed by atoms with Gasteiger partial charge >= 0.3 is 5.97 Å². The Morgan fingerprint density at radius 2 is 2.04 bits per heavy atom. The van der Waals surface area contributed by atoms with Gasteiger partial charge < -0.3 is 9.30 Å². The lowest BCUT2D eigenvalue weighted by Crippen LogP contribution is -2.25. The van der Waals surface area contributed by atoms with E-state index < -0.39 is 34.2 Å². The van der Waals surface area contributed by atoms with Gasteiger partial charge in [0.1, 0.15) is 5.56 Å². The minimum absolute atomic E-state index is 0.0302. The summed E-state index contributed by atoms with van der Waals surface area (Å²) in [6.45, 7) is 5.17. The first-order valence-electron chi connectivity index (χ1n) is 7.47. The summed E-state index contributed by atoms with van der Waals surface area (Å²) >= 11 is 0. The van der Waals surface area contributed by atoms with E-state index in [0.717, 1.165) is 0 Å². The number of carbonyl (C=O) groups excluding carboxylic acids is 1. The number of pyridine rings is 1. The SMILES string of the molecule is C=Cc1c(C(=O)OCC)c(=O)c2cc(F)c(F)c(F)c2n1C1CC1. The smallest absolute Gasteiger partial charge is 0.344 e. The third-order valence-electron chi connectivity index (χ3n) is 3.95. The van der Waals surface area contributed by atoms with Crippen molar-refractivity contribution in [3.63, 3.8) is 0 Å². The van der Waals surface area contributed by atoms with Crippen molar-refractivity contribution < 1.29 is 22.7 Å². The largest absolute Gasteiger partial charge is 0.462 e. The van der Waals surface area contributed by atoms with E-state index in [9.17, 15) is 22.8 Å². The van der Waals surface area contributed by atoms with E-state index >= 15 is 0 Å². The highest BCUT2D eigenvalue weighted by molar-refractivity contribution is 5.97.